The van der Waals surface area contributed by atoms with Crippen LogP contribution in [0.2, 0.25) is 0 Å². The normalized spacial score (nSPS) is 19.4. The van der Waals surface area contributed by atoms with E-state index in [1.54, 1.807) is 6.20 Å². The number of carbonyl (C=O) groups is 1. The number of hydrogen-bond acceptors (Lipinski definition) is 5. The van der Waals surface area contributed by atoms with Gasteiger partial charge in [0.05, 0.1) is 6.61 Å². The van der Waals surface area contributed by atoms with Gasteiger partial charge in [0.25, 0.3) is 5.19 Å². The zero-order valence-corrected chi connectivity index (χ0v) is 13.8. The molecular weight excluding hydrogens is 288 g/mol. The lowest BCUT2D eigenvalue weighted by molar-refractivity contribution is 0.0154. The summed E-state index contributed by atoms with van der Waals surface area (Å²) < 4.78 is 11.0. The lowest BCUT2D eigenvalue weighted by atomic mass is 9.95. The summed E-state index contributed by atoms with van der Waals surface area (Å²) in [5.41, 5.74) is -0.433. The average molecular weight is 312 g/mol. The van der Waals surface area contributed by atoms with Crippen molar-refractivity contribution >= 4 is 17.4 Å². The Kier molecular flexibility index (Phi) is 5.45. The van der Waals surface area contributed by atoms with Gasteiger partial charge in [0.2, 0.25) is 0 Å². The van der Waals surface area contributed by atoms with Crippen LogP contribution in [0.25, 0.3) is 0 Å². The van der Waals surface area contributed by atoms with Crippen LogP contribution in [-0.2, 0) is 4.74 Å². The van der Waals surface area contributed by atoms with E-state index in [0.29, 0.717) is 12.5 Å². The molecule has 0 bridgehead atoms. The number of thiazole rings is 1. The maximum atomic E-state index is 12.1. The van der Waals surface area contributed by atoms with Crippen LogP contribution in [0.3, 0.4) is 0 Å². The zero-order valence-electron chi connectivity index (χ0n) is 13.0. The smallest absolute Gasteiger partial charge is 0.410 e. The van der Waals surface area contributed by atoms with Crippen molar-refractivity contribution in [3.8, 4) is 5.19 Å². The number of amides is 1. The predicted molar refractivity (Wildman–Crippen MR) is 82.8 cm³/mol. The minimum Gasteiger partial charge on any atom is -0.470 e. The summed E-state index contributed by atoms with van der Waals surface area (Å²) in [4.78, 5) is 18.0. The minimum absolute atomic E-state index is 0.201. The Morgan fingerprint density at radius 3 is 3.00 bits per heavy atom. The van der Waals surface area contributed by atoms with Crippen molar-refractivity contribution < 1.29 is 14.3 Å². The van der Waals surface area contributed by atoms with E-state index in [4.69, 9.17) is 9.47 Å². The number of likely N-dealkylation sites (tertiary alicyclic amines) is 1. The molecule has 0 aromatic carbocycles. The van der Waals surface area contributed by atoms with E-state index >= 15 is 0 Å². The van der Waals surface area contributed by atoms with Crippen LogP contribution >= 0.6 is 11.3 Å². The van der Waals surface area contributed by atoms with Gasteiger partial charge in [0.15, 0.2) is 0 Å². The summed E-state index contributed by atoms with van der Waals surface area (Å²) in [6.07, 6.45) is 4.65. The fourth-order valence-corrected chi connectivity index (χ4v) is 2.90. The van der Waals surface area contributed by atoms with Gasteiger partial charge in [-0.15, -0.1) is 0 Å². The average Bonchev–Trinajstić information content (AvgIpc) is 2.90. The molecule has 118 valence electrons. The summed E-state index contributed by atoms with van der Waals surface area (Å²) in [6.45, 7) is 7.89. The van der Waals surface area contributed by atoms with Crippen molar-refractivity contribution in [3.63, 3.8) is 0 Å². The van der Waals surface area contributed by atoms with Gasteiger partial charge in [0.1, 0.15) is 5.60 Å². The summed E-state index contributed by atoms with van der Waals surface area (Å²) in [7, 11) is 0. The highest BCUT2D eigenvalue weighted by molar-refractivity contribution is 7.11. The quantitative estimate of drug-likeness (QED) is 0.853. The second kappa shape index (κ2) is 7.11. The number of nitrogens with zero attached hydrogens (tertiary/aromatic N) is 2. The summed E-state index contributed by atoms with van der Waals surface area (Å²) in [5, 5.41) is 2.62. The van der Waals surface area contributed by atoms with Crippen LogP contribution in [-0.4, -0.2) is 41.3 Å². The molecule has 1 fully saturated rings. The molecule has 1 aliphatic heterocycles. The fourth-order valence-electron chi connectivity index (χ4n) is 2.39. The van der Waals surface area contributed by atoms with Crippen LogP contribution in [0, 0.1) is 5.92 Å². The van der Waals surface area contributed by atoms with E-state index in [0.717, 1.165) is 37.5 Å². The maximum Gasteiger partial charge on any atom is 0.410 e. The summed E-state index contributed by atoms with van der Waals surface area (Å²) in [5.74, 6) is 0.478. The number of ether oxygens (including phenoxy) is 2. The first-order chi connectivity index (χ1) is 9.94. The summed E-state index contributed by atoms with van der Waals surface area (Å²) in [6, 6.07) is 0. The number of carbonyl (C=O) groups excluding carboxylic acids is 1. The van der Waals surface area contributed by atoms with Crippen molar-refractivity contribution in [1.82, 2.24) is 9.88 Å². The Morgan fingerprint density at radius 2 is 2.33 bits per heavy atom. The van der Waals surface area contributed by atoms with E-state index in [-0.39, 0.29) is 6.09 Å². The molecule has 0 aliphatic carbocycles. The van der Waals surface area contributed by atoms with Crippen molar-refractivity contribution in [3.05, 3.63) is 11.6 Å². The number of rotatable bonds is 4. The van der Waals surface area contributed by atoms with E-state index in [2.05, 4.69) is 4.98 Å². The molecule has 5 nitrogen and oxygen atoms in total. The Balaban J connectivity index is 1.74. The van der Waals surface area contributed by atoms with Crippen LogP contribution in [0.4, 0.5) is 4.79 Å². The standard InChI is InChI=1S/C15H24N2O3S/c1-15(2,3)20-14(18)17-8-4-5-12(11-17)6-9-19-13-16-7-10-21-13/h7,10,12H,4-6,8-9,11H2,1-3H3/t12-/m1/s1. The molecule has 1 aliphatic rings. The van der Waals surface area contributed by atoms with Gasteiger partial charge in [-0.25, -0.2) is 9.78 Å². The highest BCUT2D eigenvalue weighted by Gasteiger charge is 2.27. The predicted octanol–water partition coefficient (Wildman–Crippen LogP) is 3.56. The van der Waals surface area contributed by atoms with Crippen LogP contribution < -0.4 is 4.74 Å². The van der Waals surface area contributed by atoms with Crippen molar-refractivity contribution in [1.29, 1.82) is 0 Å². The molecule has 1 aromatic rings. The SMILES string of the molecule is CC(C)(C)OC(=O)N1CCC[C@H](CCOc2nccs2)C1. The Hall–Kier alpha value is -1.30. The van der Waals surface area contributed by atoms with Crippen molar-refractivity contribution in [2.45, 2.75) is 45.6 Å². The molecule has 0 unspecified atom stereocenters. The van der Waals surface area contributed by atoms with Gasteiger partial charge in [-0.05, 0) is 46.0 Å². The van der Waals surface area contributed by atoms with E-state index in [1.807, 2.05) is 31.1 Å². The fraction of sp³-hybridized carbons (Fsp3) is 0.733. The molecule has 1 aromatic heterocycles. The third kappa shape index (κ3) is 5.53. The molecule has 1 saturated heterocycles. The van der Waals surface area contributed by atoms with E-state index in [1.165, 1.54) is 11.3 Å². The molecule has 0 saturated carbocycles. The minimum atomic E-state index is -0.433. The third-order valence-corrected chi connectivity index (χ3v) is 4.01. The number of piperidine rings is 1. The van der Waals surface area contributed by atoms with Gasteiger partial charge in [-0.2, -0.15) is 0 Å². The van der Waals surface area contributed by atoms with Crippen molar-refractivity contribution in [2.75, 3.05) is 19.7 Å². The Labute approximate surface area is 130 Å². The second-order valence-electron chi connectivity index (χ2n) is 6.37. The van der Waals surface area contributed by atoms with Crippen LogP contribution in [0.15, 0.2) is 11.6 Å². The monoisotopic (exact) mass is 312 g/mol. The molecule has 21 heavy (non-hydrogen) atoms. The van der Waals surface area contributed by atoms with Crippen molar-refractivity contribution in [2.24, 2.45) is 5.92 Å². The molecule has 2 rings (SSSR count). The van der Waals surface area contributed by atoms with Gasteiger partial charge >= 0.3 is 6.09 Å². The van der Waals surface area contributed by atoms with E-state index < -0.39 is 5.60 Å². The van der Waals surface area contributed by atoms with Gasteiger partial charge in [0, 0.05) is 24.7 Å². The van der Waals surface area contributed by atoms with E-state index in [9.17, 15) is 4.79 Å². The van der Waals surface area contributed by atoms with Gasteiger partial charge in [-0.3, -0.25) is 0 Å². The Morgan fingerprint density at radius 1 is 1.52 bits per heavy atom. The molecular formula is C15H24N2O3S. The summed E-state index contributed by atoms with van der Waals surface area (Å²) >= 11 is 1.50. The topological polar surface area (TPSA) is 51.7 Å². The first-order valence-electron chi connectivity index (χ1n) is 7.44. The number of hydrogen-bond donors (Lipinski definition) is 0. The maximum absolute atomic E-state index is 12.1. The lowest BCUT2D eigenvalue weighted by Gasteiger charge is -2.34. The highest BCUT2D eigenvalue weighted by atomic mass is 32.1. The first-order valence-corrected chi connectivity index (χ1v) is 8.32. The van der Waals surface area contributed by atoms with Gasteiger partial charge in [-0.1, -0.05) is 11.3 Å². The molecule has 6 heteroatoms. The molecule has 0 spiro atoms. The van der Waals surface area contributed by atoms with Crippen LogP contribution in [0.5, 0.6) is 5.19 Å². The molecule has 1 amide bonds. The molecule has 2 heterocycles. The molecule has 0 N–H and O–H groups in total. The molecule has 1 atom stereocenters. The lowest BCUT2D eigenvalue weighted by Crippen LogP contribution is -2.43. The first kappa shape index (κ1) is 16.1. The number of aromatic nitrogens is 1. The van der Waals surface area contributed by atoms with Gasteiger partial charge < -0.3 is 14.4 Å². The zero-order chi connectivity index (χ0) is 15.3. The highest BCUT2D eigenvalue weighted by Crippen LogP contribution is 2.22. The van der Waals surface area contributed by atoms with Crippen LogP contribution in [0.1, 0.15) is 40.0 Å². The largest absolute Gasteiger partial charge is 0.470 e. The second-order valence-corrected chi connectivity index (χ2v) is 7.23. The Bertz CT molecular complexity index is 442. The molecule has 0 radical (unpaired) electrons. The third-order valence-electron chi connectivity index (χ3n) is 3.33.